The van der Waals surface area contributed by atoms with E-state index < -0.39 is 17.3 Å². The van der Waals surface area contributed by atoms with Crippen LogP contribution in [0.4, 0.5) is 13.2 Å². The molecule has 0 aromatic carbocycles. The first-order chi connectivity index (χ1) is 13.2. The molecule has 28 heavy (non-hydrogen) atoms. The Morgan fingerprint density at radius 2 is 2.07 bits per heavy atom. The number of ether oxygens (including phenoxy) is 1. The highest BCUT2D eigenvalue weighted by atomic mass is 35.5. The standard InChI is InChI=1S/C18H18ClF3N4O2/c1-11-6-12(8-24-25-11)16(27)26-5-3-4-17(10-26,28-2)15-14(18(20,21)22)7-13(19)9-23-15/h6-9H,3-5,10H2,1-2H3. The Kier molecular flexibility index (Phi) is 5.58. The first-order valence-corrected chi connectivity index (χ1v) is 8.91. The zero-order valence-corrected chi connectivity index (χ0v) is 16.0. The average Bonchev–Trinajstić information content (AvgIpc) is 2.66. The molecule has 1 aliphatic heterocycles. The van der Waals surface area contributed by atoms with Crippen LogP contribution < -0.4 is 0 Å². The fraction of sp³-hybridized carbons (Fsp3) is 0.444. The highest BCUT2D eigenvalue weighted by Crippen LogP contribution is 2.42. The van der Waals surface area contributed by atoms with Crippen LogP contribution in [0.2, 0.25) is 5.02 Å². The van der Waals surface area contributed by atoms with E-state index in [0.717, 1.165) is 12.3 Å². The number of carbonyl (C=O) groups excluding carboxylic acids is 1. The number of pyridine rings is 1. The van der Waals surface area contributed by atoms with Gasteiger partial charge in [0.25, 0.3) is 5.91 Å². The third-order valence-corrected chi connectivity index (χ3v) is 4.95. The number of nitrogens with zero attached hydrogens (tertiary/aromatic N) is 4. The van der Waals surface area contributed by atoms with Gasteiger partial charge in [-0.3, -0.25) is 9.78 Å². The van der Waals surface area contributed by atoms with E-state index in [1.54, 1.807) is 13.0 Å². The summed E-state index contributed by atoms with van der Waals surface area (Å²) in [5.41, 5.74) is -1.73. The molecule has 1 atom stereocenters. The van der Waals surface area contributed by atoms with Gasteiger partial charge in [0.05, 0.1) is 40.3 Å². The molecule has 150 valence electrons. The molecule has 2 aromatic heterocycles. The van der Waals surface area contributed by atoms with Crippen LogP contribution in [0.15, 0.2) is 24.5 Å². The number of hydrogen-bond donors (Lipinski definition) is 0. The van der Waals surface area contributed by atoms with Crippen molar-refractivity contribution in [2.45, 2.75) is 31.5 Å². The predicted octanol–water partition coefficient (Wildman–Crippen LogP) is 3.63. The van der Waals surface area contributed by atoms with Gasteiger partial charge in [0, 0.05) is 19.9 Å². The van der Waals surface area contributed by atoms with Crippen LogP contribution in [0.5, 0.6) is 0 Å². The molecule has 6 nitrogen and oxygen atoms in total. The van der Waals surface area contributed by atoms with E-state index in [2.05, 4.69) is 15.2 Å². The van der Waals surface area contributed by atoms with E-state index >= 15 is 0 Å². The van der Waals surface area contributed by atoms with E-state index in [4.69, 9.17) is 16.3 Å². The van der Waals surface area contributed by atoms with Crippen molar-refractivity contribution in [1.82, 2.24) is 20.1 Å². The highest BCUT2D eigenvalue weighted by Gasteiger charge is 2.46. The molecule has 0 saturated carbocycles. The van der Waals surface area contributed by atoms with Gasteiger partial charge in [0.2, 0.25) is 0 Å². The van der Waals surface area contributed by atoms with Crippen molar-refractivity contribution in [2.24, 2.45) is 0 Å². The summed E-state index contributed by atoms with van der Waals surface area (Å²) in [6.45, 7) is 2.02. The Balaban J connectivity index is 1.99. The summed E-state index contributed by atoms with van der Waals surface area (Å²) in [4.78, 5) is 18.3. The molecule has 2 aromatic rings. The molecular weight excluding hydrogens is 397 g/mol. The summed E-state index contributed by atoms with van der Waals surface area (Å²) < 4.78 is 46.4. The Bertz CT molecular complexity index is 893. The summed E-state index contributed by atoms with van der Waals surface area (Å²) in [6.07, 6.45) is -1.42. The molecule has 3 rings (SSSR count). The third-order valence-electron chi connectivity index (χ3n) is 4.75. The van der Waals surface area contributed by atoms with E-state index in [-0.39, 0.29) is 23.2 Å². The van der Waals surface area contributed by atoms with Crippen LogP contribution in [0.1, 0.15) is 40.2 Å². The topological polar surface area (TPSA) is 68.2 Å². The quantitative estimate of drug-likeness (QED) is 0.767. The monoisotopic (exact) mass is 414 g/mol. The van der Waals surface area contributed by atoms with Crippen LogP contribution in [0, 0.1) is 6.92 Å². The first-order valence-electron chi connectivity index (χ1n) is 8.53. The van der Waals surface area contributed by atoms with Gasteiger partial charge >= 0.3 is 6.18 Å². The Morgan fingerprint density at radius 1 is 1.32 bits per heavy atom. The second-order valence-electron chi connectivity index (χ2n) is 6.66. The summed E-state index contributed by atoms with van der Waals surface area (Å²) in [6, 6.07) is 2.42. The van der Waals surface area contributed by atoms with Gasteiger partial charge in [-0.25, -0.2) is 0 Å². The minimum Gasteiger partial charge on any atom is -0.370 e. The molecule has 1 aliphatic rings. The fourth-order valence-electron chi connectivity index (χ4n) is 3.44. The van der Waals surface area contributed by atoms with Crippen molar-refractivity contribution in [1.29, 1.82) is 0 Å². The zero-order valence-electron chi connectivity index (χ0n) is 15.3. The first kappa shape index (κ1) is 20.5. The second kappa shape index (κ2) is 7.63. The van der Waals surface area contributed by atoms with E-state index in [9.17, 15) is 18.0 Å². The molecule has 0 N–H and O–H groups in total. The third kappa shape index (κ3) is 3.95. The minimum atomic E-state index is -4.66. The zero-order chi connectivity index (χ0) is 20.5. The molecule has 0 aliphatic carbocycles. The van der Waals surface area contributed by atoms with E-state index in [1.807, 2.05) is 0 Å². The normalized spacial score (nSPS) is 20.3. The van der Waals surface area contributed by atoms with Gasteiger partial charge in [-0.15, -0.1) is 0 Å². The molecule has 3 heterocycles. The van der Waals surface area contributed by atoms with E-state index in [0.29, 0.717) is 30.6 Å². The Hall–Kier alpha value is -2.26. The van der Waals surface area contributed by atoms with Gasteiger partial charge < -0.3 is 9.64 Å². The van der Waals surface area contributed by atoms with Crippen LogP contribution >= 0.6 is 11.6 Å². The molecule has 0 radical (unpaired) electrons. The van der Waals surface area contributed by atoms with Gasteiger partial charge in [0.15, 0.2) is 0 Å². The lowest BCUT2D eigenvalue weighted by molar-refractivity contribution is -0.143. The lowest BCUT2D eigenvalue weighted by Gasteiger charge is -2.42. The second-order valence-corrected chi connectivity index (χ2v) is 7.10. The van der Waals surface area contributed by atoms with Crippen molar-refractivity contribution in [3.8, 4) is 0 Å². The summed E-state index contributed by atoms with van der Waals surface area (Å²) in [5, 5.41) is 7.46. The fourth-order valence-corrected chi connectivity index (χ4v) is 3.60. The smallest absolute Gasteiger partial charge is 0.370 e. The van der Waals surface area contributed by atoms with E-state index in [1.165, 1.54) is 18.2 Å². The number of aromatic nitrogens is 3. The van der Waals surface area contributed by atoms with Crippen LogP contribution in [-0.4, -0.2) is 46.2 Å². The van der Waals surface area contributed by atoms with Gasteiger partial charge in [-0.1, -0.05) is 11.6 Å². The van der Waals surface area contributed by atoms with Crippen LogP contribution in [-0.2, 0) is 16.5 Å². The van der Waals surface area contributed by atoms with Crippen molar-refractivity contribution in [3.05, 3.63) is 52.1 Å². The van der Waals surface area contributed by atoms with Crippen molar-refractivity contribution >= 4 is 17.5 Å². The number of alkyl halides is 3. The molecule has 1 saturated heterocycles. The Morgan fingerprint density at radius 3 is 2.71 bits per heavy atom. The van der Waals surface area contributed by atoms with Gasteiger partial charge in [-0.2, -0.15) is 23.4 Å². The highest BCUT2D eigenvalue weighted by molar-refractivity contribution is 6.30. The number of methoxy groups -OCH3 is 1. The number of carbonyl (C=O) groups is 1. The largest absolute Gasteiger partial charge is 0.418 e. The maximum atomic E-state index is 13.6. The van der Waals surface area contributed by atoms with Gasteiger partial charge in [0.1, 0.15) is 5.60 Å². The molecule has 10 heteroatoms. The lowest BCUT2D eigenvalue weighted by Crippen LogP contribution is -2.50. The number of halogens is 4. The summed E-state index contributed by atoms with van der Waals surface area (Å²) >= 11 is 5.74. The van der Waals surface area contributed by atoms with Crippen molar-refractivity contribution < 1.29 is 22.7 Å². The molecular formula is C18H18ClF3N4O2. The molecule has 1 unspecified atom stereocenters. The average molecular weight is 415 g/mol. The molecule has 0 spiro atoms. The van der Waals surface area contributed by atoms with Crippen molar-refractivity contribution in [3.63, 3.8) is 0 Å². The van der Waals surface area contributed by atoms with Crippen molar-refractivity contribution in [2.75, 3.05) is 20.2 Å². The maximum Gasteiger partial charge on any atom is 0.418 e. The summed E-state index contributed by atoms with van der Waals surface area (Å²) in [5.74, 6) is -0.346. The number of amides is 1. The predicted molar refractivity (Wildman–Crippen MR) is 94.8 cm³/mol. The summed E-state index contributed by atoms with van der Waals surface area (Å²) in [7, 11) is 1.32. The molecule has 1 fully saturated rings. The number of piperidine rings is 1. The molecule has 1 amide bonds. The maximum absolute atomic E-state index is 13.6. The number of likely N-dealkylation sites (tertiary alicyclic amines) is 1. The minimum absolute atomic E-state index is 0.0680. The molecule has 0 bridgehead atoms. The Labute approximate surface area is 164 Å². The SMILES string of the molecule is COC1(c2ncc(Cl)cc2C(F)(F)F)CCCN(C(=O)c2cnnc(C)c2)C1. The van der Waals surface area contributed by atoms with Crippen LogP contribution in [0.25, 0.3) is 0 Å². The van der Waals surface area contributed by atoms with Crippen LogP contribution in [0.3, 0.4) is 0 Å². The van der Waals surface area contributed by atoms with Gasteiger partial charge in [-0.05, 0) is 31.9 Å². The number of rotatable bonds is 3. The number of hydrogen-bond acceptors (Lipinski definition) is 5. The number of aryl methyl sites for hydroxylation is 1. The lowest BCUT2D eigenvalue weighted by atomic mass is 9.86.